The van der Waals surface area contributed by atoms with E-state index < -0.39 is 18.1 Å². The molecule has 2 aromatic rings. The van der Waals surface area contributed by atoms with Crippen molar-refractivity contribution >= 4 is 18.0 Å². The number of hydrogen-bond donors (Lipinski definition) is 2. The van der Waals surface area contributed by atoms with Crippen LogP contribution in [0, 0.1) is 11.8 Å². The van der Waals surface area contributed by atoms with Gasteiger partial charge in [0, 0.05) is 25.4 Å². The van der Waals surface area contributed by atoms with Crippen LogP contribution in [0.15, 0.2) is 48.5 Å². The summed E-state index contributed by atoms with van der Waals surface area (Å²) in [5.41, 5.74) is 4.77. The van der Waals surface area contributed by atoms with E-state index in [2.05, 4.69) is 29.6 Å². The molecule has 5 rings (SSSR count). The lowest BCUT2D eigenvalue weighted by atomic mass is 9.73. The number of carbonyl (C=O) groups excluding carboxylic acids is 2. The topological polar surface area (TPSA) is 95.9 Å². The highest BCUT2D eigenvalue weighted by Crippen LogP contribution is 2.44. The van der Waals surface area contributed by atoms with Crippen LogP contribution in [0.4, 0.5) is 4.79 Å². The fourth-order valence-electron chi connectivity index (χ4n) is 5.94. The van der Waals surface area contributed by atoms with E-state index in [1.54, 1.807) is 4.90 Å². The average Bonchev–Trinajstić information content (AvgIpc) is 3.17. The van der Waals surface area contributed by atoms with Crippen molar-refractivity contribution in [1.29, 1.82) is 0 Å². The van der Waals surface area contributed by atoms with Gasteiger partial charge in [-0.15, -0.1) is 0 Å². The number of ether oxygens (including phenoxy) is 1. The molecule has 0 spiro atoms. The number of benzene rings is 2. The van der Waals surface area contributed by atoms with Crippen LogP contribution >= 0.6 is 0 Å². The summed E-state index contributed by atoms with van der Waals surface area (Å²) in [7, 11) is 0. The Hall–Kier alpha value is -3.35. The molecule has 0 radical (unpaired) electrons. The quantitative estimate of drug-likeness (QED) is 0.617. The van der Waals surface area contributed by atoms with Gasteiger partial charge in [0.2, 0.25) is 5.91 Å². The summed E-state index contributed by atoms with van der Waals surface area (Å²) < 4.78 is 5.60. The van der Waals surface area contributed by atoms with Gasteiger partial charge in [-0.1, -0.05) is 48.5 Å². The molecule has 184 valence electrons. The summed E-state index contributed by atoms with van der Waals surface area (Å²) in [6.07, 6.45) is 3.97. The van der Waals surface area contributed by atoms with E-state index in [-0.39, 0.29) is 17.7 Å². The van der Waals surface area contributed by atoms with E-state index in [1.165, 1.54) is 22.3 Å². The molecule has 3 aliphatic rings. The van der Waals surface area contributed by atoms with Crippen LogP contribution in [0.2, 0.25) is 0 Å². The van der Waals surface area contributed by atoms with Crippen molar-refractivity contribution in [2.24, 2.45) is 11.8 Å². The number of nitrogens with one attached hydrogen (secondary N) is 1. The van der Waals surface area contributed by atoms with Gasteiger partial charge >= 0.3 is 12.1 Å². The number of aliphatic carboxylic acids is 1. The molecule has 7 heteroatoms. The molecule has 0 bridgehead atoms. The second-order valence-corrected chi connectivity index (χ2v) is 10.1. The van der Waals surface area contributed by atoms with Crippen LogP contribution in [-0.2, 0) is 14.3 Å². The zero-order valence-electron chi connectivity index (χ0n) is 19.8. The zero-order valence-corrected chi connectivity index (χ0v) is 19.8. The lowest BCUT2D eigenvalue weighted by Crippen LogP contribution is -2.49. The van der Waals surface area contributed by atoms with Gasteiger partial charge in [-0.05, 0) is 66.2 Å². The summed E-state index contributed by atoms with van der Waals surface area (Å²) in [4.78, 5) is 38.0. The highest BCUT2D eigenvalue weighted by atomic mass is 16.5. The lowest BCUT2D eigenvalue weighted by Gasteiger charge is -2.38. The van der Waals surface area contributed by atoms with Gasteiger partial charge in [0.25, 0.3) is 0 Å². The number of nitrogens with zero attached hydrogens (tertiary/aromatic N) is 1. The van der Waals surface area contributed by atoms with Crippen LogP contribution in [0.3, 0.4) is 0 Å². The Labute approximate surface area is 205 Å². The molecule has 1 saturated heterocycles. The number of hydrogen-bond acceptors (Lipinski definition) is 4. The number of fused-ring (bicyclic) bond motifs is 3. The molecule has 1 aliphatic heterocycles. The predicted octanol–water partition coefficient (Wildman–Crippen LogP) is 4.41. The third-order valence-electron chi connectivity index (χ3n) is 7.78. The number of piperidine rings is 1. The molecule has 35 heavy (non-hydrogen) atoms. The number of carbonyl (C=O) groups is 3. The maximum absolute atomic E-state index is 12.6. The monoisotopic (exact) mass is 476 g/mol. The largest absolute Gasteiger partial charge is 0.480 e. The number of rotatable bonds is 7. The summed E-state index contributed by atoms with van der Waals surface area (Å²) in [5, 5.41) is 12.3. The van der Waals surface area contributed by atoms with Gasteiger partial charge < -0.3 is 20.1 Å². The van der Waals surface area contributed by atoms with Crippen LogP contribution in [0.25, 0.3) is 11.1 Å². The molecular formula is C28H32N2O5. The Morgan fingerprint density at radius 3 is 2.26 bits per heavy atom. The van der Waals surface area contributed by atoms with Crippen LogP contribution < -0.4 is 5.32 Å². The van der Waals surface area contributed by atoms with Crippen molar-refractivity contribution in [3.63, 3.8) is 0 Å². The first-order valence-electron chi connectivity index (χ1n) is 12.6. The minimum absolute atomic E-state index is 0.0386. The van der Waals surface area contributed by atoms with Gasteiger partial charge in [0.05, 0.1) is 0 Å². The normalized spacial score (nSPS) is 23.1. The Morgan fingerprint density at radius 1 is 0.943 bits per heavy atom. The second-order valence-electron chi connectivity index (χ2n) is 10.1. The minimum Gasteiger partial charge on any atom is -0.480 e. The number of likely N-dealkylation sites (tertiary alicyclic amines) is 1. The Kier molecular flexibility index (Phi) is 6.75. The van der Waals surface area contributed by atoms with E-state index in [1.807, 2.05) is 24.3 Å². The fraction of sp³-hybridized carbons (Fsp3) is 0.464. The number of carboxylic acid groups (broad SMARTS) is 1. The molecule has 2 aromatic carbocycles. The molecular weight excluding hydrogens is 444 g/mol. The first kappa shape index (κ1) is 23.4. The number of alkyl carbamates (subject to hydrolysis) is 1. The SMILES string of the molecule is O=C(NCC1CC(CC(=O)N2CCCCC2C(=O)O)C1)OCC1c2ccccc2-c2ccccc21. The van der Waals surface area contributed by atoms with Crippen molar-refractivity contribution in [3.05, 3.63) is 59.7 Å². The molecule has 2 aliphatic carbocycles. The van der Waals surface area contributed by atoms with Gasteiger partial charge in [0.1, 0.15) is 12.6 Å². The third kappa shape index (κ3) is 4.90. The highest BCUT2D eigenvalue weighted by Gasteiger charge is 2.36. The van der Waals surface area contributed by atoms with Gasteiger partial charge in [-0.2, -0.15) is 0 Å². The standard InChI is InChI=1S/C28H32N2O5/c31-26(30-12-6-5-11-25(30)27(32)33)15-18-13-19(14-18)16-29-28(34)35-17-24-22-9-3-1-7-20(22)21-8-2-4-10-23(21)24/h1-4,7-10,18-19,24-25H,5-6,11-17H2,(H,29,34)(H,32,33). The first-order valence-corrected chi connectivity index (χ1v) is 12.6. The summed E-state index contributed by atoms with van der Waals surface area (Å²) >= 11 is 0. The predicted molar refractivity (Wildman–Crippen MR) is 131 cm³/mol. The molecule has 1 saturated carbocycles. The summed E-state index contributed by atoms with van der Waals surface area (Å²) in [6.45, 7) is 1.36. The minimum atomic E-state index is -0.906. The molecule has 2 fully saturated rings. The van der Waals surface area contributed by atoms with E-state index in [9.17, 15) is 19.5 Å². The number of amides is 2. The van der Waals surface area contributed by atoms with Crippen molar-refractivity contribution in [3.8, 4) is 11.1 Å². The smallest absolute Gasteiger partial charge is 0.407 e. The zero-order chi connectivity index (χ0) is 24.4. The average molecular weight is 477 g/mol. The fourth-order valence-corrected chi connectivity index (χ4v) is 5.94. The van der Waals surface area contributed by atoms with Gasteiger partial charge in [-0.25, -0.2) is 9.59 Å². The maximum atomic E-state index is 12.6. The maximum Gasteiger partial charge on any atom is 0.407 e. The molecule has 0 aromatic heterocycles. The van der Waals surface area contributed by atoms with Crippen LogP contribution in [0.5, 0.6) is 0 Å². The van der Waals surface area contributed by atoms with E-state index in [4.69, 9.17) is 4.74 Å². The Balaban J connectivity index is 1.05. The van der Waals surface area contributed by atoms with Crippen molar-refractivity contribution in [2.45, 2.75) is 50.5 Å². The van der Waals surface area contributed by atoms with E-state index >= 15 is 0 Å². The first-order chi connectivity index (χ1) is 17.0. The molecule has 2 amide bonds. The summed E-state index contributed by atoms with van der Waals surface area (Å²) in [5.74, 6) is -0.336. The van der Waals surface area contributed by atoms with Crippen LogP contribution in [-0.4, -0.2) is 53.7 Å². The molecule has 1 atom stereocenters. The Bertz CT molecular complexity index is 1060. The number of carboxylic acids is 1. The summed E-state index contributed by atoms with van der Waals surface area (Å²) in [6, 6.07) is 15.8. The van der Waals surface area contributed by atoms with Crippen molar-refractivity contribution in [2.75, 3.05) is 19.7 Å². The van der Waals surface area contributed by atoms with Crippen molar-refractivity contribution in [1.82, 2.24) is 10.2 Å². The second kappa shape index (κ2) is 10.1. The van der Waals surface area contributed by atoms with E-state index in [0.29, 0.717) is 38.5 Å². The molecule has 1 unspecified atom stereocenters. The van der Waals surface area contributed by atoms with Gasteiger partial charge in [-0.3, -0.25) is 4.79 Å². The molecule has 1 heterocycles. The molecule has 7 nitrogen and oxygen atoms in total. The van der Waals surface area contributed by atoms with Crippen molar-refractivity contribution < 1.29 is 24.2 Å². The molecule has 2 N–H and O–H groups in total. The van der Waals surface area contributed by atoms with Crippen LogP contribution in [0.1, 0.15) is 55.6 Å². The highest BCUT2D eigenvalue weighted by molar-refractivity contribution is 5.84. The lowest BCUT2D eigenvalue weighted by molar-refractivity contribution is -0.152. The third-order valence-corrected chi connectivity index (χ3v) is 7.78. The van der Waals surface area contributed by atoms with E-state index in [0.717, 1.165) is 25.7 Å². The van der Waals surface area contributed by atoms with Gasteiger partial charge in [0.15, 0.2) is 0 Å². The Morgan fingerprint density at radius 2 is 1.60 bits per heavy atom.